The lowest BCUT2D eigenvalue weighted by atomic mass is 10.0. The van der Waals surface area contributed by atoms with Crippen molar-refractivity contribution in [3.05, 3.63) is 12.2 Å². The molecule has 1 saturated heterocycles. The third-order valence-electron chi connectivity index (χ3n) is 3.20. The van der Waals surface area contributed by atoms with Gasteiger partial charge in [0, 0.05) is 19.1 Å². The maximum atomic E-state index is 3.98. The molecule has 0 radical (unpaired) electrons. The topological polar surface area (TPSA) is 15.3 Å². The summed E-state index contributed by atoms with van der Waals surface area (Å²) < 4.78 is 0. The first-order chi connectivity index (χ1) is 7.24. The minimum Gasteiger partial charge on any atom is -0.315 e. The lowest BCUT2D eigenvalue weighted by molar-refractivity contribution is 0.148. The van der Waals surface area contributed by atoms with Gasteiger partial charge in [0.05, 0.1) is 0 Å². The summed E-state index contributed by atoms with van der Waals surface area (Å²) >= 11 is 0. The zero-order valence-corrected chi connectivity index (χ0v) is 10.4. The first kappa shape index (κ1) is 12.7. The van der Waals surface area contributed by atoms with Crippen LogP contribution in [0.2, 0.25) is 0 Å². The van der Waals surface area contributed by atoms with Crippen LogP contribution in [0, 0.1) is 0 Å². The average molecular weight is 210 g/mol. The molecule has 0 aliphatic carbocycles. The lowest BCUT2D eigenvalue weighted by Crippen LogP contribution is -2.45. The predicted octanol–water partition coefficient (Wildman–Crippen LogP) is 2.42. The van der Waals surface area contributed by atoms with E-state index in [1.165, 1.54) is 37.9 Å². The molecule has 0 aromatic rings. The minimum absolute atomic E-state index is 0.762. The number of piperidine rings is 1. The maximum absolute atomic E-state index is 3.98. The molecule has 0 amide bonds. The Hall–Kier alpha value is -0.340. The molecule has 1 rings (SSSR count). The van der Waals surface area contributed by atoms with E-state index in [4.69, 9.17) is 0 Å². The van der Waals surface area contributed by atoms with Crippen LogP contribution in [0.4, 0.5) is 0 Å². The Bertz CT molecular complexity index is 189. The van der Waals surface area contributed by atoms with Crippen molar-refractivity contribution >= 4 is 0 Å². The maximum Gasteiger partial charge on any atom is 0.0220 e. The Labute approximate surface area is 94.7 Å². The van der Waals surface area contributed by atoms with E-state index in [-0.39, 0.29) is 0 Å². The van der Waals surface area contributed by atoms with E-state index in [9.17, 15) is 0 Å². The molecule has 0 aromatic heterocycles. The van der Waals surface area contributed by atoms with E-state index in [2.05, 4.69) is 30.6 Å². The number of rotatable bonds is 6. The largest absolute Gasteiger partial charge is 0.315 e. The summed E-state index contributed by atoms with van der Waals surface area (Å²) in [7, 11) is 0. The third kappa shape index (κ3) is 4.80. The number of likely N-dealkylation sites (tertiary alicyclic amines) is 1. The summed E-state index contributed by atoms with van der Waals surface area (Å²) in [5.74, 6) is 0. The standard InChI is InChI=1S/C13H26N2/c1-4-14-11-13-7-5-6-9-15(13)10-8-12(2)3/h13-14H,2,4-11H2,1,3H3. The first-order valence-corrected chi connectivity index (χ1v) is 6.33. The minimum atomic E-state index is 0.762. The van der Waals surface area contributed by atoms with Crippen molar-refractivity contribution in [1.29, 1.82) is 0 Å². The molecule has 1 aliphatic rings. The second-order valence-electron chi connectivity index (χ2n) is 4.70. The smallest absolute Gasteiger partial charge is 0.0220 e. The van der Waals surface area contributed by atoms with Gasteiger partial charge in [-0.1, -0.05) is 18.9 Å². The van der Waals surface area contributed by atoms with Crippen molar-refractivity contribution in [3.8, 4) is 0 Å². The second-order valence-corrected chi connectivity index (χ2v) is 4.70. The van der Waals surface area contributed by atoms with Crippen molar-refractivity contribution in [1.82, 2.24) is 10.2 Å². The van der Waals surface area contributed by atoms with Crippen molar-refractivity contribution in [3.63, 3.8) is 0 Å². The van der Waals surface area contributed by atoms with E-state index in [0.717, 1.165) is 25.6 Å². The number of nitrogens with zero attached hydrogens (tertiary/aromatic N) is 1. The fraction of sp³-hybridized carbons (Fsp3) is 0.846. The number of nitrogens with one attached hydrogen (secondary N) is 1. The van der Waals surface area contributed by atoms with Gasteiger partial charge in [0.15, 0.2) is 0 Å². The van der Waals surface area contributed by atoms with Gasteiger partial charge in [-0.3, -0.25) is 4.90 Å². The SMILES string of the molecule is C=C(C)CCN1CCCCC1CNCC. The highest BCUT2D eigenvalue weighted by Gasteiger charge is 2.20. The van der Waals surface area contributed by atoms with E-state index in [0.29, 0.717) is 0 Å². The third-order valence-corrected chi connectivity index (χ3v) is 3.20. The molecule has 88 valence electrons. The number of hydrogen-bond acceptors (Lipinski definition) is 2. The molecule has 0 aromatic carbocycles. The first-order valence-electron chi connectivity index (χ1n) is 6.33. The van der Waals surface area contributed by atoms with E-state index >= 15 is 0 Å². The summed E-state index contributed by atoms with van der Waals surface area (Å²) in [6.07, 6.45) is 5.30. The van der Waals surface area contributed by atoms with Gasteiger partial charge in [0.25, 0.3) is 0 Å². The van der Waals surface area contributed by atoms with Gasteiger partial charge in [-0.25, -0.2) is 0 Å². The molecule has 0 spiro atoms. The molecule has 1 heterocycles. The van der Waals surface area contributed by atoms with Crippen molar-refractivity contribution in [2.24, 2.45) is 0 Å². The van der Waals surface area contributed by atoms with Gasteiger partial charge >= 0.3 is 0 Å². The Balaban J connectivity index is 2.32. The molecule has 1 fully saturated rings. The molecular weight excluding hydrogens is 184 g/mol. The fourth-order valence-electron chi connectivity index (χ4n) is 2.23. The number of hydrogen-bond donors (Lipinski definition) is 1. The van der Waals surface area contributed by atoms with Crippen LogP contribution >= 0.6 is 0 Å². The van der Waals surface area contributed by atoms with Crippen LogP contribution in [0.3, 0.4) is 0 Å². The molecule has 1 unspecified atom stereocenters. The van der Waals surface area contributed by atoms with Gasteiger partial charge in [-0.15, -0.1) is 6.58 Å². The van der Waals surface area contributed by atoms with E-state index in [1.807, 2.05) is 0 Å². The van der Waals surface area contributed by atoms with Gasteiger partial charge in [0.1, 0.15) is 0 Å². The normalized spacial score (nSPS) is 22.9. The second kappa shape index (κ2) is 7.02. The molecule has 1 atom stereocenters. The summed E-state index contributed by atoms with van der Waals surface area (Å²) in [5.41, 5.74) is 1.31. The molecule has 0 bridgehead atoms. The quantitative estimate of drug-likeness (QED) is 0.677. The summed E-state index contributed by atoms with van der Waals surface area (Å²) in [4.78, 5) is 2.64. The van der Waals surface area contributed by atoms with Gasteiger partial charge < -0.3 is 5.32 Å². The molecule has 0 saturated carbocycles. The molecular formula is C13H26N2. The highest BCUT2D eigenvalue weighted by atomic mass is 15.2. The Kier molecular flexibility index (Phi) is 5.96. The molecule has 1 aliphatic heterocycles. The Morgan fingerprint density at radius 1 is 1.47 bits per heavy atom. The van der Waals surface area contributed by atoms with Crippen LogP contribution < -0.4 is 5.32 Å². The Morgan fingerprint density at radius 3 is 2.93 bits per heavy atom. The van der Waals surface area contributed by atoms with Crippen LogP contribution in [0.1, 0.15) is 39.5 Å². The average Bonchev–Trinajstić information content (AvgIpc) is 2.24. The van der Waals surface area contributed by atoms with Gasteiger partial charge in [0.2, 0.25) is 0 Å². The number of likely N-dealkylation sites (N-methyl/N-ethyl adjacent to an activating group) is 1. The lowest BCUT2D eigenvalue weighted by Gasteiger charge is -2.36. The van der Waals surface area contributed by atoms with Crippen LogP contribution in [-0.2, 0) is 0 Å². The summed E-state index contributed by atoms with van der Waals surface area (Å²) in [6.45, 7) is 13.0. The molecule has 2 heteroatoms. The Morgan fingerprint density at radius 2 is 2.27 bits per heavy atom. The van der Waals surface area contributed by atoms with Crippen LogP contribution in [-0.4, -0.2) is 37.1 Å². The monoisotopic (exact) mass is 210 g/mol. The van der Waals surface area contributed by atoms with Crippen molar-refractivity contribution in [2.45, 2.75) is 45.6 Å². The van der Waals surface area contributed by atoms with Crippen LogP contribution in [0.5, 0.6) is 0 Å². The van der Waals surface area contributed by atoms with E-state index < -0.39 is 0 Å². The van der Waals surface area contributed by atoms with Crippen LogP contribution in [0.15, 0.2) is 12.2 Å². The summed E-state index contributed by atoms with van der Waals surface area (Å²) in [6, 6.07) is 0.762. The zero-order valence-electron chi connectivity index (χ0n) is 10.4. The van der Waals surface area contributed by atoms with Crippen molar-refractivity contribution < 1.29 is 0 Å². The van der Waals surface area contributed by atoms with Crippen molar-refractivity contribution in [2.75, 3.05) is 26.2 Å². The highest BCUT2D eigenvalue weighted by molar-refractivity contribution is 4.90. The predicted molar refractivity (Wildman–Crippen MR) is 67.2 cm³/mol. The molecule has 15 heavy (non-hydrogen) atoms. The highest BCUT2D eigenvalue weighted by Crippen LogP contribution is 2.17. The molecule has 1 N–H and O–H groups in total. The van der Waals surface area contributed by atoms with Crippen LogP contribution in [0.25, 0.3) is 0 Å². The van der Waals surface area contributed by atoms with E-state index in [1.54, 1.807) is 0 Å². The fourth-order valence-corrected chi connectivity index (χ4v) is 2.23. The molecule has 2 nitrogen and oxygen atoms in total. The zero-order chi connectivity index (χ0) is 11.1. The van der Waals surface area contributed by atoms with Gasteiger partial charge in [-0.2, -0.15) is 0 Å². The summed E-state index contributed by atoms with van der Waals surface area (Å²) in [5, 5.41) is 3.47. The van der Waals surface area contributed by atoms with Gasteiger partial charge in [-0.05, 0) is 39.3 Å².